The van der Waals surface area contributed by atoms with Crippen molar-refractivity contribution in [1.82, 2.24) is 19.8 Å². The standard InChI is InChI=1S/C18H25N5O3/c1-11(23-8-6-12(7-9-23)17(25)22(2)3)16(24)19-13-4-5-14-15(10-13)21-18(26)20-14/h4-5,10-12H,6-9H2,1-3H3,(H,19,24)(H2,20,21,26)/t11-/m1/s1. The molecule has 1 atom stereocenters. The van der Waals surface area contributed by atoms with Crippen LogP contribution in [0.3, 0.4) is 0 Å². The van der Waals surface area contributed by atoms with Crippen LogP contribution in [0.2, 0.25) is 0 Å². The normalized spacial score (nSPS) is 17.2. The summed E-state index contributed by atoms with van der Waals surface area (Å²) >= 11 is 0. The molecule has 26 heavy (non-hydrogen) atoms. The van der Waals surface area contributed by atoms with E-state index in [1.807, 2.05) is 6.92 Å². The molecule has 2 heterocycles. The number of likely N-dealkylation sites (tertiary alicyclic amines) is 1. The first-order valence-electron chi connectivity index (χ1n) is 8.83. The third kappa shape index (κ3) is 3.80. The molecule has 3 rings (SSSR count). The van der Waals surface area contributed by atoms with Crippen molar-refractivity contribution in [2.75, 3.05) is 32.5 Å². The molecule has 1 aliphatic rings. The summed E-state index contributed by atoms with van der Waals surface area (Å²) < 4.78 is 0. The van der Waals surface area contributed by atoms with Gasteiger partial charge in [-0.1, -0.05) is 0 Å². The van der Waals surface area contributed by atoms with Gasteiger partial charge in [-0.05, 0) is 51.1 Å². The molecule has 140 valence electrons. The van der Waals surface area contributed by atoms with Gasteiger partial charge in [0.1, 0.15) is 0 Å². The van der Waals surface area contributed by atoms with E-state index in [0.717, 1.165) is 25.9 Å². The highest BCUT2D eigenvalue weighted by atomic mass is 16.2. The number of nitrogens with one attached hydrogen (secondary N) is 3. The number of carbonyl (C=O) groups excluding carboxylic acids is 2. The number of piperidine rings is 1. The van der Waals surface area contributed by atoms with Crippen molar-refractivity contribution in [1.29, 1.82) is 0 Å². The Kier molecular flexibility index (Phi) is 5.13. The van der Waals surface area contributed by atoms with E-state index in [4.69, 9.17) is 0 Å². The van der Waals surface area contributed by atoms with Crippen LogP contribution < -0.4 is 11.0 Å². The smallest absolute Gasteiger partial charge is 0.323 e. The highest BCUT2D eigenvalue weighted by Gasteiger charge is 2.30. The Morgan fingerprint density at radius 3 is 2.50 bits per heavy atom. The van der Waals surface area contributed by atoms with E-state index in [2.05, 4.69) is 20.2 Å². The first-order chi connectivity index (χ1) is 12.3. The van der Waals surface area contributed by atoms with Crippen molar-refractivity contribution >= 4 is 28.5 Å². The molecule has 1 aromatic carbocycles. The quantitative estimate of drug-likeness (QED) is 0.757. The van der Waals surface area contributed by atoms with Crippen molar-refractivity contribution in [2.45, 2.75) is 25.8 Å². The number of nitrogens with zero attached hydrogens (tertiary/aromatic N) is 2. The molecule has 0 saturated carbocycles. The minimum atomic E-state index is -0.286. The third-order valence-corrected chi connectivity index (χ3v) is 5.03. The summed E-state index contributed by atoms with van der Waals surface area (Å²) in [6.45, 7) is 3.33. The molecule has 1 saturated heterocycles. The summed E-state index contributed by atoms with van der Waals surface area (Å²) in [5.41, 5.74) is 1.73. The fraction of sp³-hybridized carbons (Fsp3) is 0.500. The lowest BCUT2D eigenvalue weighted by Crippen LogP contribution is -2.48. The molecule has 2 amide bonds. The Labute approximate surface area is 151 Å². The van der Waals surface area contributed by atoms with Gasteiger partial charge < -0.3 is 20.2 Å². The monoisotopic (exact) mass is 359 g/mol. The number of anilines is 1. The number of fused-ring (bicyclic) bond motifs is 1. The number of hydrogen-bond acceptors (Lipinski definition) is 4. The zero-order valence-corrected chi connectivity index (χ0v) is 15.3. The van der Waals surface area contributed by atoms with Gasteiger partial charge in [-0.2, -0.15) is 0 Å². The Morgan fingerprint density at radius 2 is 1.85 bits per heavy atom. The molecular formula is C18H25N5O3. The predicted molar refractivity (Wildman–Crippen MR) is 100 cm³/mol. The van der Waals surface area contributed by atoms with Crippen LogP contribution in [0.4, 0.5) is 5.69 Å². The molecule has 1 aromatic heterocycles. The number of imidazole rings is 1. The molecule has 2 aromatic rings. The first kappa shape index (κ1) is 18.2. The van der Waals surface area contributed by atoms with Gasteiger partial charge in [0, 0.05) is 25.7 Å². The van der Waals surface area contributed by atoms with Gasteiger partial charge in [-0.15, -0.1) is 0 Å². The van der Waals surface area contributed by atoms with E-state index in [-0.39, 0.29) is 29.5 Å². The maximum absolute atomic E-state index is 12.6. The van der Waals surface area contributed by atoms with E-state index in [0.29, 0.717) is 16.7 Å². The number of H-pyrrole nitrogens is 2. The highest BCUT2D eigenvalue weighted by Crippen LogP contribution is 2.21. The number of aromatic nitrogens is 2. The summed E-state index contributed by atoms with van der Waals surface area (Å²) in [6, 6.07) is 4.97. The van der Waals surface area contributed by atoms with Crippen LogP contribution in [0, 0.1) is 5.92 Å². The molecule has 0 bridgehead atoms. The van der Waals surface area contributed by atoms with E-state index < -0.39 is 0 Å². The second-order valence-corrected chi connectivity index (χ2v) is 7.05. The lowest BCUT2D eigenvalue weighted by Gasteiger charge is -2.35. The van der Waals surface area contributed by atoms with Crippen LogP contribution in [0.15, 0.2) is 23.0 Å². The lowest BCUT2D eigenvalue weighted by atomic mass is 9.94. The van der Waals surface area contributed by atoms with Gasteiger partial charge in [0.25, 0.3) is 0 Å². The molecule has 8 heteroatoms. The van der Waals surface area contributed by atoms with Gasteiger partial charge in [0.05, 0.1) is 17.1 Å². The first-order valence-corrected chi connectivity index (χ1v) is 8.83. The average Bonchev–Trinajstić information content (AvgIpc) is 2.99. The molecule has 0 radical (unpaired) electrons. The lowest BCUT2D eigenvalue weighted by molar-refractivity contribution is -0.134. The van der Waals surface area contributed by atoms with Crippen LogP contribution in [0.25, 0.3) is 11.0 Å². The maximum atomic E-state index is 12.6. The zero-order valence-electron chi connectivity index (χ0n) is 15.3. The minimum Gasteiger partial charge on any atom is -0.349 e. The van der Waals surface area contributed by atoms with E-state index >= 15 is 0 Å². The molecular weight excluding hydrogens is 334 g/mol. The summed E-state index contributed by atoms with van der Waals surface area (Å²) in [4.78, 5) is 45.0. The number of rotatable bonds is 4. The number of amides is 2. The van der Waals surface area contributed by atoms with Crippen LogP contribution in [0.1, 0.15) is 19.8 Å². The Balaban J connectivity index is 1.59. The second kappa shape index (κ2) is 7.33. The summed E-state index contributed by atoms with van der Waals surface area (Å²) in [5.74, 6) is 0.111. The van der Waals surface area contributed by atoms with Gasteiger partial charge >= 0.3 is 5.69 Å². The Hall–Kier alpha value is -2.61. The van der Waals surface area contributed by atoms with Gasteiger partial charge in [-0.25, -0.2) is 4.79 Å². The fourth-order valence-electron chi connectivity index (χ4n) is 3.42. The van der Waals surface area contributed by atoms with Crippen LogP contribution >= 0.6 is 0 Å². The van der Waals surface area contributed by atoms with Crippen molar-refractivity contribution in [2.24, 2.45) is 5.92 Å². The topological polar surface area (TPSA) is 101 Å². The Morgan fingerprint density at radius 1 is 1.19 bits per heavy atom. The summed E-state index contributed by atoms with van der Waals surface area (Å²) in [7, 11) is 3.55. The van der Waals surface area contributed by atoms with Crippen LogP contribution in [0.5, 0.6) is 0 Å². The molecule has 1 aliphatic heterocycles. The third-order valence-electron chi connectivity index (χ3n) is 5.03. The summed E-state index contributed by atoms with van der Waals surface area (Å²) in [6.07, 6.45) is 1.54. The predicted octanol–water partition coefficient (Wildman–Crippen LogP) is 0.983. The van der Waals surface area contributed by atoms with Crippen molar-refractivity contribution in [3.05, 3.63) is 28.7 Å². The second-order valence-electron chi connectivity index (χ2n) is 7.05. The fourth-order valence-corrected chi connectivity index (χ4v) is 3.42. The zero-order chi connectivity index (χ0) is 18.8. The van der Waals surface area contributed by atoms with Crippen LogP contribution in [-0.2, 0) is 9.59 Å². The largest absolute Gasteiger partial charge is 0.349 e. The minimum absolute atomic E-state index is 0.0457. The number of carbonyl (C=O) groups is 2. The molecule has 0 aliphatic carbocycles. The van der Waals surface area contributed by atoms with E-state index in [9.17, 15) is 14.4 Å². The van der Waals surface area contributed by atoms with Crippen LogP contribution in [-0.4, -0.2) is 64.8 Å². The van der Waals surface area contributed by atoms with Gasteiger partial charge in [-0.3, -0.25) is 14.5 Å². The van der Waals surface area contributed by atoms with Crippen molar-refractivity contribution < 1.29 is 9.59 Å². The molecule has 0 spiro atoms. The molecule has 3 N–H and O–H groups in total. The Bertz CT molecular complexity index is 861. The molecule has 1 fully saturated rings. The van der Waals surface area contributed by atoms with Gasteiger partial charge in [0.2, 0.25) is 11.8 Å². The van der Waals surface area contributed by atoms with Gasteiger partial charge in [0.15, 0.2) is 0 Å². The van der Waals surface area contributed by atoms with Crippen molar-refractivity contribution in [3.8, 4) is 0 Å². The maximum Gasteiger partial charge on any atom is 0.323 e. The SMILES string of the molecule is C[C@H](C(=O)Nc1ccc2[nH]c(=O)[nH]c2c1)N1CCC(C(=O)N(C)C)CC1. The average molecular weight is 359 g/mol. The number of aromatic amines is 2. The highest BCUT2D eigenvalue weighted by molar-refractivity contribution is 5.96. The molecule has 0 unspecified atom stereocenters. The molecule has 8 nitrogen and oxygen atoms in total. The summed E-state index contributed by atoms with van der Waals surface area (Å²) in [5, 5.41) is 2.90. The van der Waals surface area contributed by atoms with E-state index in [1.54, 1.807) is 37.2 Å². The number of hydrogen-bond donors (Lipinski definition) is 3. The number of benzene rings is 1. The van der Waals surface area contributed by atoms with E-state index in [1.165, 1.54) is 0 Å². The van der Waals surface area contributed by atoms with Crippen molar-refractivity contribution in [3.63, 3.8) is 0 Å².